The van der Waals surface area contributed by atoms with Gasteiger partial charge < -0.3 is 0 Å². The van der Waals surface area contributed by atoms with Gasteiger partial charge in [-0.15, -0.1) is 22.7 Å². The lowest BCUT2D eigenvalue weighted by Crippen LogP contribution is -2.06. The van der Waals surface area contributed by atoms with Crippen LogP contribution in [0.4, 0.5) is 0 Å². The van der Waals surface area contributed by atoms with Gasteiger partial charge in [0.2, 0.25) is 5.95 Å². The molecule has 0 aliphatic heterocycles. The molecule has 0 radical (unpaired) electrons. The van der Waals surface area contributed by atoms with Crippen molar-refractivity contribution in [1.82, 2.24) is 19.5 Å². The van der Waals surface area contributed by atoms with Crippen LogP contribution < -0.4 is 0 Å². The molecule has 6 heteroatoms. The maximum Gasteiger partial charge on any atom is 0.238 e. The number of fused-ring (bicyclic) bond motifs is 10. The largest absolute Gasteiger partial charge is 0.276 e. The van der Waals surface area contributed by atoms with E-state index in [2.05, 4.69) is 156 Å². The minimum absolute atomic E-state index is 0.608. The SMILES string of the molecule is c1ccc(-c2ccc(-c3nc(-c4cccc5c4sc4ccccc45)nc(-n4c5ccccc5c5ccc6c7ccccc7sc6c54)n3)cc2)cc1. The second kappa shape index (κ2) is 11.2. The standard InChI is InChI=1S/C45H26N4S2/c1-2-11-27(12-3-1)28-21-23-29(24-22-28)43-46-44(36-17-10-16-34-31-14-5-8-19-38(31)50-41(34)36)48-45(47-43)49-37-18-7-4-13-30(37)33-25-26-35-32-15-6-9-20-39(32)51-42(35)40(33)49/h1-26H. The van der Waals surface area contributed by atoms with E-state index >= 15 is 0 Å². The number of para-hydroxylation sites is 1. The summed E-state index contributed by atoms with van der Waals surface area (Å²) in [7, 11) is 0. The summed E-state index contributed by atoms with van der Waals surface area (Å²) in [6.07, 6.45) is 0. The predicted octanol–water partition coefficient (Wildman–Crippen LogP) is 12.7. The molecule has 11 aromatic rings. The Labute approximate surface area is 300 Å². The summed E-state index contributed by atoms with van der Waals surface area (Å²) in [6.45, 7) is 0. The van der Waals surface area contributed by atoms with Gasteiger partial charge in [-0.05, 0) is 35.4 Å². The quantitative estimate of drug-likeness (QED) is 0.185. The third-order valence-corrected chi connectivity index (χ3v) is 12.3. The van der Waals surface area contributed by atoms with Gasteiger partial charge in [-0.25, -0.2) is 4.98 Å². The molecule has 7 aromatic carbocycles. The Kier molecular flexibility index (Phi) is 6.26. The highest BCUT2D eigenvalue weighted by Crippen LogP contribution is 2.44. The first-order chi connectivity index (χ1) is 25.3. The van der Waals surface area contributed by atoms with Crippen molar-refractivity contribution in [3.8, 4) is 39.9 Å². The van der Waals surface area contributed by atoms with Gasteiger partial charge >= 0.3 is 0 Å². The topological polar surface area (TPSA) is 43.6 Å². The molecule has 0 aliphatic carbocycles. The second-order valence-electron chi connectivity index (χ2n) is 12.8. The highest BCUT2D eigenvalue weighted by atomic mass is 32.1. The molecule has 0 N–H and O–H groups in total. The van der Waals surface area contributed by atoms with Crippen molar-refractivity contribution < 1.29 is 0 Å². The number of thiophene rings is 2. The van der Waals surface area contributed by atoms with E-state index in [-0.39, 0.29) is 0 Å². The lowest BCUT2D eigenvalue weighted by atomic mass is 10.0. The Morgan fingerprint density at radius 3 is 1.73 bits per heavy atom. The van der Waals surface area contributed by atoms with Crippen molar-refractivity contribution in [3.05, 3.63) is 158 Å². The molecule has 0 unspecified atom stereocenters. The molecule has 238 valence electrons. The molecule has 0 aliphatic rings. The summed E-state index contributed by atoms with van der Waals surface area (Å²) in [4.78, 5) is 15.9. The van der Waals surface area contributed by atoms with Gasteiger partial charge in [0.15, 0.2) is 11.6 Å². The molecule has 4 nitrogen and oxygen atoms in total. The normalized spacial score (nSPS) is 11.9. The van der Waals surface area contributed by atoms with Gasteiger partial charge in [-0.2, -0.15) is 9.97 Å². The maximum absolute atomic E-state index is 5.37. The zero-order chi connectivity index (χ0) is 33.5. The van der Waals surface area contributed by atoms with Gasteiger partial charge in [-0.3, -0.25) is 4.57 Å². The van der Waals surface area contributed by atoms with E-state index in [9.17, 15) is 0 Å². The van der Waals surface area contributed by atoms with Crippen molar-refractivity contribution in [2.75, 3.05) is 0 Å². The Morgan fingerprint density at radius 2 is 0.941 bits per heavy atom. The van der Waals surface area contributed by atoms with E-state index in [1.165, 1.54) is 56.7 Å². The summed E-state index contributed by atoms with van der Waals surface area (Å²) in [5.41, 5.74) is 6.47. The fourth-order valence-electron chi connectivity index (χ4n) is 7.52. The third-order valence-electron chi connectivity index (χ3n) is 9.90. The number of nitrogens with zero attached hydrogens (tertiary/aromatic N) is 4. The molecule has 4 heterocycles. The van der Waals surface area contributed by atoms with Crippen LogP contribution in [0, 0.1) is 0 Å². The molecule has 4 aromatic heterocycles. The molecule has 51 heavy (non-hydrogen) atoms. The van der Waals surface area contributed by atoms with E-state index in [0.29, 0.717) is 17.6 Å². The van der Waals surface area contributed by atoms with Crippen LogP contribution in [0.3, 0.4) is 0 Å². The smallest absolute Gasteiger partial charge is 0.238 e. The molecule has 0 spiro atoms. The predicted molar refractivity (Wildman–Crippen MR) is 216 cm³/mol. The second-order valence-corrected chi connectivity index (χ2v) is 14.9. The van der Waals surface area contributed by atoms with Crippen LogP contribution in [0.15, 0.2) is 158 Å². The van der Waals surface area contributed by atoms with E-state index < -0.39 is 0 Å². The number of hydrogen-bond donors (Lipinski definition) is 0. The van der Waals surface area contributed by atoms with E-state index in [4.69, 9.17) is 15.0 Å². The highest BCUT2D eigenvalue weighted by Gasteiger charge is 2.22. The summed E-state index contributed by atoms with van der Waals surface area (Å²) in [6, 6.07) is 55.9. The first-order valence-corrected chi connectivity index (χ1v) is 18.6. The number of benzene rings is 7. The van der Waals surface area contributed by atoms with Gasteiger partial charge in [-0.1, -0.05) is 133 Å². The summed E-state index contributed by atoms with van der Waals surface area (Å²) >= 11 is 3.62. The fraction of sp³-hybridized carbons (Fsp3) is 0. The van der Waals surface area contributed by atoms with Crippen LogP contribution in [-0.2, 0) is 0 Å². The highest BCUT2D eigenvalue weighted by molar-refractivity contribution is 7.27. The van der Waals surface area contributed by atoms with Gasteiger partial charge in [0, 0.05) is 57.5 Å². The Bertz CT molecular complexity index is 3140. The average Bonchev–Trinajstić information content (AvgIpc) is 3.88. The minimum atomic E-state index is 0.608. The molecule has 0 amide bonds. The van der Waals surface area contributed by atoms with Crippen LogP contribution >= 0.6 is 22.7 Å². The third kappa shape index (κ3) is 4.40. The van der Waals surface area contributed by atoms with Crippen molar-refractivity contribution in [1.29, 1.82) is 0 Å². The summed E-state index contributed by atoms with van der Waals surface area (Å²) in [5.74, 6) is 1.91. The van der Waals surface area contributed by atoms with E-state index in [1.807, 2.05) is 17.4 Å². The van der Waals surface area contributed by atoms with Crippen molar-refractivity contribution in [3.63, 3.8) is 0 Å². The van der Waals surface area contributed by atoms with Crippen molar-refractivity contribution >= 4 is 84.8 Å². The summed E-state index contributed by atoms with van der Waals surface area (Å²) < 4.78 is 7.19. The first kappa shape index (κ1) is 28.6. The number of aromatic nitrogens is 4. The van der Waals surface area contributed by atoms with Crippen molar-refractivity contribution in [2.45, 2.75) is 0 Å². The Morgan fingerprint density at radius 1 is 0.373 bits per heavy atom. The minimum Gasteiger partial charge on any atom is -0.276 e. The molecule has 11 rings (SSSR count). The average molecular weight is 687 g/mol. The number of rotatable bonds is 4. The zero-order valence-electron chi connectivity index (χ0n) is 27.1. The van der Waals surface area contributed by atoms with Gasteiger partial charge in [0.1, 0.15) is 0 Å². The number of hydrogen-bond acceptors (Lipinski definition) is 5. The van der Waals surface area contributed by atoms with Gasteiger partial charge in [0.05, 0.1) is 15.7 Å². The Balaban J connectivity index is 1.22. The lowest BCUT2D eigenvalue weighted by Gasteiger charge is -2.12. The van der Waals surface area contributed by atoms with Crippen LogP contribution in [0.2, 0.25) is 0 Å². The van der Waals surface area contributed by atoms with Gasteiger partial charge in [0.25, 0.3) is 0 Å². The molecule has 0 saturated carbocycles. The lowest BCUT2D eigenvalue weighted by molar-refractivity contribution is 0.956. The van der Waals surface area contributed by atoms with E-state index in [0.717, 1.165) is 27.7 Å². The molecular formula is C45H26N4S2. The van der Waals surface area contributed by atoms with Crippen molar-refractivity contribution in [2.24, 2.45) is 0 Å². The zero-order valence-corrected chi connectivity index (χ0v) is 28.7. The monoisotopic (exact) mass is 686 g/mol. The molecular weight excluding hydrogens is 661 g/mol. The molecule has 0 bridgehead atoms. The molecule has 0 fully saturated rings. The fourth-order valence-corrected chi connectivity index (χ4v) is 9.97. The van der Waals surface area contributed by atoms with Crippen LogP contribution in [0.5, 0.6) is 0 Å². The van der Waals surface area contributed by atoms with E-state index in [1.54, 1.807) is 11.3 Å². The molecule has 0 atom stereocenters. The Hall–Kier alpha value is -6.21. The van der Waals surface area contributed by atoms with Crippen LogP contribution in [-0.4, -0.2) is 19.5 Å². The molecule has 0 saturated heterocycles. The summed E-state index contributed by atoms with van der Waals surface area (Å²) in [5, 5.41) is 7.34. The van der Waals surface area contributed by atoms with Crippen LogP contribution in [0.1, 0.15) is 0 Å². The first-order valence-electron chi connectivity index (χ1n) is 16.9. The maximum atomic E-state index is 5.37. The van der Waals surface area contributed by atoms with Crippen LogP contribution in [0.25, 0.3) is 102 Å².